The maximum atomic E-state index is 12.3. The SMILES string of the molecule is O=S(=O)([O-])c1cc(N=c2nc(Nc3ccc(Cl)cc3)nc(Cl)[nH]2)ccc1/C=C/c1ccc(N=c2nc(Nc3ccc(Cl)cc3)nc(Cl)[nH]2)cc1S(=O)(=O)[O-].[Na+].[Na+]. The average molecular weight is 893 g/mol. The van der Waals surface area contributed by atoms with Crippen LogP contribution in [-0.2, 0) is 20.2 Å². The average Bonchev–Trinajstić information content (AvgIpc) is 3.09. The topological polar surface area (TPSA) is 246 Å². The first-order valence-electron chi connectivity index (χ1n) is 14.9. The van der Waals surface area contributed by atoms with Crippen molar-refractivity contribution < 1.29 is 85.1 Å². The number of hydrogen-bond acceptors (Lipinski definition) is 14. The Hall–Kier alpha value is -3.18. The third kappa shape index (κ3) is 12.7. The summed E-state index contributed by atoms with van der Waals surface area (Å²) in [5.41, 5.74) is 0.727. The van der Waals surface area contributed by atoms with E-state index in [9.17, 15) is 25.9 Å². The van der Waals surface area contributed by atoms with Crippen LogP contribution in [0.3, 0.4) is 0 Å². The Morgan fingerprint density at radius 3 is 1.25 bits per heavy atom. The van der Waals surface area contributed by atoms with Crippen LogP contribution in [0.4, 0.5) is 34.6 Å². The maximum absolute atomic E-state index is 12.3. The Bertz CT molecular complexity index is 2600. The second-order valence-electron chi connectivity index (χ2n) is 10.7. The van der Waals surface area contributed by atoms with E-state index in [1.807, 2.05) is 0 Å². The van der Waals surface area contributed by atoms with Crippen LogP contribution in [0, 0.1) is 0 Å². The molecule has 0 aliphatic heterocycles. The molecular weight excluding hydrogens is 872 g/mol. The van der Waals surface area contributed by atoms with Crippen LogP contribution in [0.1, 0.15) is 11.1 Å². The molecule has 276 valence electrons. The number of anilines is 4. The Balaban J connectivity index is 0.00000348. The summed E-state index contributed by atoms with van der Waals surface area (Å²) < 4.78 is 73.9. The van der Waals surface area contributed by atoms with Gasteiger partial charge < -0.3 is 19.7 Å². The first kappa shape index (κ1) is 45.5. The Morgan fingerprint density at radius 1 is 0.554 bits per heavy atom. The van der Waals surface area contributed by atoms with Gasteiger partial charge in [-0.2, -0.15) is 19.9 Å². The van der Waals surface area contributed by atoms with Crippen LogP contribution < -0.4 is 81.0 Å². The fraction of sp³-hybridized carbons (Fsp3) is 0. The van der Waals surface area contributed by atoms with Crippen molar-refractivity contribution in [3.8, 4) is 0 Å². The molecule has 56 heavy (non-hydrogen) atoms. The van der Waals surface area contributed by atoms with Crippen molar-refractivity contribution in [2.75, 3.05) is 10.6 Å². The van der Waals surface area contributed by atoms with Gasteiger partial charge in [-0.15, -0.1) is 0 Å². The zero-order chi connectivity index (χ0) is 38.6. The van der Waals surface area contributed by atoms with Gasteiger partial charge in [0.2, 0.25) is 33.7 Å². The fourth-order valence-electron chi connectivity index (χ4n) is 4.59. The van der Waals surface area contributed by atoms with Gasteiger partial charge >= 0.3 is 59.1 Å². The third-order valence-corrected chi connectivity index (χ3v) is 9.55. The number of hydrogen-bond donors (Lipinski definition) is 4. The molecule has 0 fully saturated rings. The Kier molecular flexibility index (Phi) is 15.9. The van der Waals surface area contributed by atoms with Crippen LogP contribution in [0.15, 0.2) is 105 Å². The van der Waals surface area contributed by atoms with Crippen LogP contribution in [-0.4, -0.2) is 55.8 Å². The van der Waals surface area contributed by atoms with Gasteiger partial charge in [-0.3, -0.25) is 9.97 Å². The van der Waals surface area contributed by atoms with E-state index in [0.29, 0.717) is 21.4 Å². The van der Waals surface area contributed by atoms with Gasteiger partial charge in [0.15, 0.2) is 0 Å². The van der Waals surface area contributed by atoms with Crippen molar-refractivity contribution in [1.29, 1.82) is 0 Å². The summed E-state index contributed by atoms with van der Waals surface area (Å²) >= 11 is 24.1. The van der Waals surface area contributed by atoms with Gasteiger partial charge in [0, 0.05) is 21.4 Å². The molecule has 0 atom stereocenters. The molecule has 6 aromatic rings. The maximum Gasteiger partial charge on any atom is 1.00 e. The third-order valence-electron chi connectivity index (χ3n) is 6.91. The van der Waals surface area contributed by atoms with E-state index >= 15 is 0 Å². The molecule has 0 radical (unpaired) electrons. The monoisotopic (exact) mass is 890 g/mol. The molecule has 0 spiro atoms. The summed E-state index contributed by atoms with van der Waals surface area (Å²) in [6.45, 7) is 0. The Morgan fingerprint density at radius 2 is 0.911 bits per heavy atom. The second kappa shape index (κ2) is 19.5. The molecule has 0 amide bonds. The van der Waals surface area contributed by atoms with Crippen LogP contribution in [0.2, 0.25) is 20.6 Å². The van der Waals surface area contributed by atoms with E-state index < -0.39 is 30.0 Å². The largest absolute Gasteiger partial charge is 1.00 e. The summed E-state index contributed by atoms with van der Waals surface area (Å²) in [4.78, 5) is 28.8. The van der Waals surface area contributed by atoms with E-state index in [0.717, 1.165) is 24.3 Å². The molecule has 0 aliphatic carbocycles. The van der Waals surface area contributed by atoms with E-state index in [-0.39, 0.29) is 115 Å². The zero-order valence-electron chi connectivity index (χ0n) is 28.7. The molecule has 6 rings (SSSR count). The number of halogens is 4. The van der Waals surface area contributed by atoms with Crippen LogP contribution in [0.5, 0.6) is 0 Å². The molecule has 16 nitrogen and oxygen atoms in total. The first-order valence-corrected chi connectivity index (χ1v) is 19.2. The number of nitrogens with zero attached hydrogens (tertiary/aromatic N) is 6. The summed E-state index contributed by atoms with van der Waals surface area (Å²) in [5, 5.41) is 6.69. The van der Waals surface area contributed by atoms with Crippen molar-refractivity contribution >= 4 is 113 Å². The van der Waals surface area contributed by atoms with E-state index in [2.05, 4.69) is 50.5 Å². The molecule has 4 aromatic carbocycles. The molecule has 4 N–H and O–H groups in total. The molecule has 0 saturated heterocycles. The first-order chi connectivity index (χ1) is 25.6. The van der Waals surface area contributed by atoms with Crippen LogP contribution in [0.25, 0.3) is 12.2 Å². The predicted molar refractivity (Wildman–Crippen MR) is 200 cm³/mol. The van der Waals surface area contributed by atoms with Gasteiger partial charge in [0.1, 0.15) is 20.2 Å². The summed E-state index contributed by atoms with van der Waals surface area (Å²) in [6, 6.07) is 20.5. The molecule has 0 aliphatic rings. The summed E-state index contributed by atoms with van der Waals surface area (Å²) in [7, 11) is -10.2. The number of aromatic nitrogens is 6. The minimum Gasteiger partial charge on any atom is -0.744 e. The number of aromatic amines is 2. The zero-order valence-corrected chi connectivity index (χ0v) is 37.4. The van der Waals surface area contributed by atoms with Crippen molar-refractivity contribution in [3.05, 3.63) is 128 Å². The van der Waals surface area contributed by atoms with Crippen molar-refractivity contribution in [2.45, 2.75) is 9.79 Å². The van der Waals surface area contributed by atoms with Crippen molar-refractivity contribution in [1.82, 2.24) is 29.9 Å². The smallest absolute Gasteiger partial charge is 0.744 e. The summed E-state index contributed by atoms with van der Waals surface area (Å²) in [6.07, 6.45) is 2.31. The van der Waals surface area contributed by atoms with Crippen molar-refractivity contribution in [3.63, 3.8) is 0 Å². The number of rotatable bonds is 10. The molecule has 2 aromatic heterocycles. The molecule has 0 unspecified atom stereocenters. The number of H-pyrrole nitrogens is 2. The molecule has 0 saturated carbocycles. The Labute approximate surface area is 382 Å². The van der Waals surface area contributed by atoms with Crippen molar-refractivity contribution in [2.24, 2.45) is 9.98 Å². The normalized spacial score (nSPS) is 12.2. The summed E-state index contributed by atoms with van der Waals surface area (Å²) in [5.74, 6) is 0.0998. The van der Waals surface area contributed by atoms with Gasteiger partial charge in [-0.1, -0.05) is 47.5 Å². The van der Waals surface area contributed by atoms with Crippen LogP contribution >= 0.6 is 46.4 Å². The number of benzene rings is 4. The predicted octanol–water partition coefficient (Wildman–Crippen LogP) is 0.475. The molecule has 2 heterocycles. The molecule has 0 bridgehead atoms. The number of nitrogens with one attached hydrogen (secondary N) is 4. The van der Waals surface area contributed by atoms with E-state index in [1.165, 1.54) is 24.3 Å². The molecule has 24 heteroatoms. The molecular formula is C32H20Cl4N10Na2O6S2. The van der Waals surface area contributed by atoms with Gasteiger partial charge in [0.05, 0.1) is 21.2 Å². The minimum atomic E-state index is -5.11. The second-order valence-corrected chi connectivity index (χ2v) is 15.0. The van der Waals surface area contributed by atoms with Gasteiger partial charge in [-0.25, -0.2) is 26.8 Å². The standard InChI is InChI=1S/C32H22Cl4N10O6S2.2Na/c33-19-5-11-21(12-6-19)37-29-41-27(35)43-31(45-29)39-23-9-3-17(25(15-23)53(47,48)49)1-2-18-4-10-24(16-26(18)54(50,51)52)40-32-44-28(36)42-30(46-32)38-22-13-7-20(34)8-14-22;;/h1-16H,(H,47,48,49)(H,50,51,52)(H2,37,39,41,43,45)(H2,38,40,42,44,46);;/q;2*+1/p-2/b2-1+;;. The van der Waals surface area contributed by atoms with E-state index in [1.54, 1.807) is 48.5 Å². The van der Waals surface area contributed by atoms with Gasteiger partial charge in [0.25, 0.3) is 0 Å². The van der Waals surface area contributed by atoms with E-state index in [4.69, 9.17) is 46.4 Å². The minimum absolute atomic E-state index is 0. The quantitative estimate of drug-likeness (QED) is 0.0834. The van der Waals surface area contributed by atoms with Gasteiger partial charge in [-0.05, 0) is 107 Å². The fourth-order valence-corrected chi connectivity index (χ4v) is 6.55.